The maximum atomic E-state index is 11.9. The van der Waals surface area contributed by atoms with Crippen molar-refractivity contribution in [2.24, 2.45) is 0 Å². The summed E-state index contributed by atoms with van der Waals surface area (Å²) < 4.78 is 5.31. The molecule has 0 aliphatic heterocycles. The highest BCUT2D eigenvalue weighted by Crippen LogP contribution is 2.29. The third kappa shape index (κ3) is 6.68. The molecule has 3 rings (SSSR count). The fourth-order valence-electron chi connectivity index (χ4n) is 3.75. The van der Waals surface area contributed by atoms with Crippen molar-refractivity contribution in [1.29, 1.82) is 5.41 Å². The van der Waals surface area contributed by atoms with Crippen LogP contribution in [0.15, 0.2) is 66.7 Å². The second kappa shape index (κ2) is 11.8. The van der Waals surface area contributed by atoms with E-state index in [4.69, 9.17) is 15.9 Å². The van der Waals surface area contributed by atoms with Crippen molar-refractivity contribution in [2.45, 2.75) is 6.54 Å². The first-order valence-corrected chi connectivity index (χ1v) is 11.3. The molecule has 0 saturated heterocycles. The standard InChI is InChI=1S/C29H32N4O2/c1-32-29-14-11-24(35-4)17-26(29)23(19-34)15-22-9-12-25(28(31)16-22)27(30)13-10-20-5-7-21(8-6-20)18-33(2)3/h5-17,19,30,32H,18,31H2,1-4H3/b13-10+,23-15-,30-27?. The number of nitrogens with one attached hydrogen (secondary N) is 2. The van der Waals surface area contributed by atoms with Crippen LogP contribution in [0.3, 0.4) is 0 Å². The minimum Gasteiger partial charge on any atom is -0.497 e. The molecule has 3 aromatic carbocycles. The van der Waals surface area contributed by atoms with E-state index in [0.717, 1.165) is 35.2 Å². The lowest BCUT2D eigenvalue weighted by Crippen LogP contribution is -2.10. The molecule has 0 radical (unpaired) electrons. The van der Waals surface area contributed by atoms with Crippen LogP contribution in [0.5, 0.6) is 5.75 Å². The summed E-state index contributed by atoms with van der Waals surface area (Å²) >= 11 is 0. The molecule has 0 unspecified atom stereocenters. The quantitative estimate of drug-likeness (QED) is 0.125. The molecule has 0 bridgehead atoms. The number of methoxy groups -OCH3 is 1. The molecule has 0 atom stereocenters. The molecule has 0 heterocycles. The smallest absolute Gasteiger partial charge is 0.150 e. The van der Waals surface area contributed by atoms with Crippen molar-refractivity contribution in [3.05, 3.63) is 94.6 Å². The summed E-state index contributed by atoms with van der Waals surface area (Å²) in [7, 11) is 7.47. The van der Waals surface area contributed by atoms with Crippen molar-refractivity contribution in [3.63, 3.8) is 0 Å². The molecule has 0 fully saturated rings. The van der Waals surface area contributed by atoms with Gasteiger partial charge in [0.2, 0.25) is 0 Å². The Balaban J connectivity index is 1.81. The highest BCUT2D eigenvalue weighted by molar-refractivity contribution is 6.16. The fraction of sp³-hybridized carbons (Fsp3) is 0.172. The molecule has 35 heavy (non-hydrogen) atoms. The molecule has 0 aliphatic carbocycles. The fourth-order valence-corrected chi connectivity index (χ4v) is 3.75. The Kier molecular flexibility index (Phi) is 8.59. The van der Waals surface area contributed by atoms with E-state index < -0.39 is 0 Å². The third-order valence-electron chi connectivity index (χ3n) is 5.54. The normalized spacial score (nSPS) is 11.6. The zero-order valence-corrected chi connectivity index (χ0v) is 20.6. The van der Waals surface area contributed by atoms with Crippen LogP contribution in [0, 0.1) is 5.41 Å². The van der Waals surface area contributed by atoms with Crippen LogP contribution < -0.4 is 15.8 Å². The van der Waals surface area contributed by atoms with Gasteiger partial charge in [0.15, 0.2) is 6.29 Å². The van der Waals surface area contributed by atoms with Crippen molar-refractivity contribution < 1.29 is 9.53 Å². The molecule has 6 nitrogen and oxygen atoms in total. The van der Waals surface area contributed by atoms with Crippen LogP contribution in [0.25, 0.3) is 17.7 Å². The van der Waals surface area contributed by atoms with Crippen LogP contribution in [0.1, 0.15) is 27.8 Å². The van der Waals surface area contributed by atoms with Crippen molar-refractivity contribution in [3.8, 4) is 5.75 Å². The van der Waals surface area contributed by atoms with Gasteiger partial charge < -0.3 is 26.1 Å². The number of nitrogens with two attached hydrogens (primary N) is 1. The summed E-state index contributed by atoms with van der Waals surface area (Å²) in [5.41, 5.74) is 12.8. The molecule has 0 spiro atoms. The second-order valence-corrected chi connectivity index (χ2v) is 8.45. The van der Waals surface area contributed by atoms with Crippen LogP contribution in [-0.2, 0) is 11.3 Å². The number of hydrogen-bond donors (Lipinski definition) is 3. The van der Waals surface area contributed by atoms with Gasteiger partial charge >= 0.3 is 0 Å². The first-order valence-electron chi connectivity index (χ1n) is 11.3. The molecule has 6 heteroatoms. The topological polar surface area (TPSA) is 91.4 Å². The van der Waals surface area contributed by atoms with E-state index in [-0.39, 0.29) is 0 Å². The summed E-state index contributed by atoms with van der Waals surface area (Å²) in [6, 6.07) is 19.2. The van der Waals surface area contributed by atoms with Crippen LogP contribution in [0.2, 0.25) is 0 Å². The maximum Gasteiger partial charge on any atom is 0.150 e. The molecule has 0 aliphatic rings. The Hall–Kier alpha value is -4.16. The first kappa shape index (κ1) is 25.5. The van der Waals surface area contributed by atoms with Gasteiger partial charge in [-0.2, -0.15) is 0 Å². The van der Waals surface area contributed by atoms with E-state index in [9.17, 15) is 4.79 Å². The van der Waals surface area contributed by atoms with Gasteiger partial charge in [-0.15, -0.1) is 0 Å². The molecular weight excluding hydrogens is 436 g/mol. The van der Waals surface area contributed by atoms with E-state index in [2.05, 4.69) is 22.3 Å². The Morgan fingerprint density at radius 3 is 2.34 bits per heavy atom. The average molecular weight is 469 g/mol. The second-order valence-electron chi connectivity index (χ2n) is 8.45. The molecule has 0 amide bonds. The van der Waals surface area contributed by atoms with Crippen LogP contribution >= 0.6 is 0 Å². The lowest BCUT2D eigenvalue weighted by Gasteiger charge is -2.12. The van der Waals surface area contributed by atoms with E-state index >= 15 is 0 Å². The number of allylic oxidation sites excluding steroid dienone is 2. The molecule has 180 valence electrons. The molecular formula is C29H32N4O2. The number of aldehydes is 1. The number of hydrogen-bond acceptors (Lipinski definition) is 6. The summed E-state index contributed by atoms with van der Waals surface area (Å²) in [5, 5.41) is 11.6. The molecule has 3 aromatic rings. The van der Waals surface area contributed by atoms with Crippen LogP contribution in [-0.4, -0.2) is 45.2 Å². The number of carbonyl (C=O) groups excluding carboxylic acids is 1. The van der Waals surface area contributed by atoms with Crippen molar-refractivity contribution in [2.75, 3.05) is 39.3 Å². The lowest BCUT2D eigenvalue weighted by atomic mass is 9.99. The predicted molar refractivity (Wildman–Crippen MR) is 147 cm³/mol. The van der Waals surface area contributed by atoms with Crippen molar-refractivity contribution >= 4 is 41.1 Å². The first-order chi connectivity index (χ1) is 16.8. The number of carbonyl (C=O) groups is 1. The molecule has 0 aromatic heterocycles. The SMILES string of the molecule is CNc1ccc(OC)cc1/C(C=O)=C\c1ccc(C(=N)/C=C/c2ccc(CN(C)C)cc2)c(N)c1. The predicted octanol–water partition coefficient (Wildman–Crippen LogP) is 5.20. The number of nitrogens with zero attached hydrogens (tertiary/aromatic N) is 1. The number of benzene rings is 3. The largest absolute Gasteiger partial charge is 0.497 e. The van der Waals surface area contributed by atoms with Gasteiger partial charge in [-0.05, 0) is 67.2 Å². The highest BCUT2D eigenvalue weighted by atomic mass is 16.5. The van der Waals surface area contributed by atoms with Gasteiger partial charge in [0.1, 0.15) is 5.75 Å². The van der Waals surface area contributed by atoms with E-state index in [1.165, 1.54) is 5.56 Å². The van der Waals surface area contributed by atoms with Gasteiger partial charge in [-0.3, -0.25) is 4.79 Å². The summed E-state index contributed by atoms with van der Waals surface area (Å²) in [5.74, 6) is 0.661. The number of nitrogen functional groups attached to an aromatic ring is 1. The maximum absolute atomic E-state index is 11.9. The Morgan fingerprint density at radius 2 is 1.74 bits per heavy atom. The highest BCUT2D eigenvalue weighted by Gasteiger charge is 2.10. The Labute approximate surface area is 207 Å². The van der Waals surface area contributed by atoms with Crippen molar-refractivity contribution in [1.82, 2.24) is 4.90 Å². The minimum atomic E-state index is 0.316. The zero-order chi connectivity index (χ0) is 25.4. The third-order valence-corrected chi connectivity index (χ3v) is 5.54. The molecule has 4 N–H and O–H groups in total. The van der Waals surface area contributed by atoms with Gasteiger partial charge in [-0.25, -0.2) is 0 Å². The lowest BCUT2D eigenvalue weighted by molar-refractivity contribution is -0.103. The Bertz CT molecular complexity index is 1260. The van der Waals surface area contributed by atoms with E-state index in [1.807, 2.05) is 56.6 Å². The number of anilines is 2. The number of ether oxygens (including phenoxy) is 1. The number of rotatable bonds is 10. The average Bonchev–Trinajstić information content (AvgIpc) is 2.86. The van der Waals surface area contributed by atoms with Crippen LogP contribution in [0.4, 0.5) is 11.4 Å². The van der Waals surface area contributed by atoms with E-state index in [1.54, 1.807) is 38.4 Å². The van der Waals surface area contributed by atoms with Gasteiger partial charge in [0.05, 0.1) is 12.8 Å². The summed E-state index contributed by atoms with van der Waals surface area (Å²) in [4.78, 5) is 14.0. The monoisotopic (exact) mass is 468 g/mol. The van der Waals surface area contributed by atoms with Gasteiger partial charge in [0.25, 0.3) is 0 Å². The zero-order valence-electron chi connectivity index (χ0n) is 20.6. The molecule has 0 saturated carbocycles. The summed E-state index contributed by atoms with van der Waals surface area (Å²) in [6.45, 7) is 0.886. The van der Waals surface area contributed by atoms with E-state index in [0.29, 0.717) is 28.3 Å². The summed E-state index contributed by atoms with van der Waals surface area (Å²) in [6.07, 6.45) is 6.24. The Morgan fingerprint density at radius 1 is 1.03 bits per heavy atom. The minimum absolute atomic E-state index is 0.316. The van der Waals surface area contributed by atoms with Gasteiger partial charge in [0, 0.05) is 41.7 Å². The van der Waals surface area contributed by atoms with Gasteiger partial charge in [-0.1, -0.05) is 42.5 Å².